The van der Waals surface area contributed by atoms with Gasteiger partial charge in [0.25, 0.3) is 0 Å². The van der Waals surface area contributed by atoms with Crippen molar-refractivity contribution in [1.29, 1.82) is 0 Å². The maximum absolute atomic E-state index is 13.8. The summed E-state index contributed by atoms with van der Waals surface area (Å²) in [6.07, 6.45) is 5.36. The van der Waals surface area contributed by atoms with Crippen molar-refractivity contribution in [2.75, 3.05) is 17.1 Å². The first kappa shape index (κ1) is 28.3. The minimum Gasteiger partial charge on any atom is -0.352 e. The zero-order valence-corrected chi connectivity index (χ0v) is 23.2. The van der Waals surface area contributed by atoms with E-state index < -0.39 is 28.5 Å². The Balaban J connectivity index is 1.96. The molecule has 1 atom stereocenters. The summed E-state index contributed by atoms with van der Waals surface area (Å²) >= 11 is 12.4. The Hall–Kier alpha value is -2.29. The van der Waals surface area contributed by atoms with Gasteiger partial charge in [0.15, 0.2) is 0 Å². The van der Waals surface area contributed by atoms with E-state index in [1.165, 1.54) is 17.0 Å². The van der Waals surface area contributed by atoms with Crippen molar-refractivity contribution in [3.8, 4) is 0 Å². The molecule has 0 aromatic heterocycles. The van der Waals surface area contributed by atoms with Crippen LogP contribution in [0.2, 0.25) is 10.0 Å². The largest absolute Gasteiger partial charge is 0.352 e. The maximum Gasteiger partial charge on any atom is 0.244 e. The van der Waals surface area contributed by atoms with E-state index in [9.17, 15) is 18.0 Å². The van der Waals surface area contributed by atoms with Gasteiger partial charge in [0, 0.05) is 17.6 Å². The van der Waals surface area contributed by atoms with Crippen LogP contribution in [0.15, 0.2) is 42.5 Å². The van der Waals surface area contributed by atoms with Gasteiger partial charge >= 0.3 is 0 Å². The van der Waals surface area contributed by atoms with Crippen molar-refractivity contribution < 1.29 is 18.0 Å². The molecule has 0 saturated heterocycles. The Bertz CT molecular complexity index is 1200. The van der Waals surface area contributed by atoms with Crippen LogP contribution in [0.5, 0.6) is 0 Å². The Labute approximate surface area is 223 Å². The third-order valence-electron chi connectivity index (χ3n) is 6.55. The molecule has 196 valence electrons. The van der Waals surface area contributed by atoms with Crippen molar-refractivity contribution in [3.05, 3.63) is 63.6 Å². The highest BCUT2D eigenvalue weighted by atomic mass is 35.5. The van der Waals surface area contributed by atoms with Crippen LogP contribution in [0.25, 0.3) is 0 Å². The lowest BCUT2D eigenvalue weighted by Crippen LogP contribution is -2.53. The molecular formula is C26H33Cl2N3O4S. The predicted octanol–water partition coefficient (Wildman–Crippen LogP) is 4.93. The van der Waals surface area contributed by atoms with Crippen LogP contribution in [0.1, 0.15) is 50.2 Å². The highest BCUT2D eigenvalue weighted by Crippen LogP contribution is 2.31. The smallest absolute Gasteiger partial charge is 0.244 e. The number of aryl methyl sites for hydroxylation is 1. The molecule has 0 spiro atoms. The van der Waals surface area contributed by atoms with Crippen molar-refractivity contribution >= 4 is 50.7 Å². The number of hydrogen-bond donors (Lipinski definition) is 1. The number of sulfonamides is 1. The summed E-state index contributed by atoms with van der Waals surface area (Å²) in [5, 5.41) is 3.53. The van der Waals surface area contributed by atoms with Crippen LogP contribution in [0, 0.1) is 6.92 Å². The fourth-order valence-corrected chi connectivity index (χ4v) is 5.82. The minimum atomic E-state index is -3.90. The molecule has 1 unspecified atom stereocenters. The van der Waals surface area contributed by atoms with Crippen molar-refractivity contribution in [1.82, 2.24) is 10.2 Å². The van der Waals surface area contributed by atoms with Gasteiger partial charge in [-0.05, 0) is 55.5 Å². The lowest BCUT2D eigenvalue weighted by molar-refractivity contribution is -0.140. The number of benzene rings is 2. The highest BCUT2D eigenvalue weighted by Gasteiger charge is 2.33. The molecule has 36 heavy (non-hydrogen) atoms. The van der Waals surface area contributed by atoms with Gasteiger partial charge in [0.1, 0.15) is 12.6 Å². The number of amides is 2. The first-order valence-corrected chi connectivity index (χ1v) is 14.7. The molecule has 2 amide bonds. The SMILES string of the molecule is CCC(C(=O)NC1CCCC1)N(Cc1ccccc1C)C(=O)CN(c1cc(Cl)ccc1Cl)S(C)(=O)=O. The zero-order chi connectivity index (χ0) is 26.5. The van der Waals surface area contributed by atoms with Crippen LogP contribution < -0.4 is 9.62 Å². The molecule has 7 nitrogen and oxygen atoms in total. The monoisotopic (exact) mass is 553 g/mol. The quantitative estimate of drug-likeness (QED) is 0.451. The Morgan fingerprint density at radius 3 is 2.39 bits per heavy atom. The minimum absolute atomic E-state index is 0.0970. The summed E-state index contributed by atoms with van der Waals surface area (Å²) < 4.78 is 26.4. The first-order valence-electron chi connectivity index (χ1n) is 12.1. The molecule has 1 aliphatic carbocycles. The number of carbonyl (C=O) groups is 2. The number of nitrogens with one attached hydrogen (secondary N) is 1. The standard InChI is InChI=1S/C26H33Cl2N3O4S/c1-4-23(26(33)29-21-11-7-8-12-21)30(16-19-10-6-5-9-18(19)2)25(32)17-31(36(3,34)35)24-15-20(27)13-14-22(24)28/h5-6,9-10,13-15,21,23H,4,7-8,11-12,16-17H2,1-3H3,(H,29,33). The van der Waals surface area contributed by atoms with Gasteiger partial charge < -0.3 is 10.2 Å². The van der Waals surface area contributed by atoms with E-state index in [0.717, 1.165) is 47.4 Å². The fraction of sp³-hybridized carbons (Fsp3) is 0.462. The Morgan fingerprint density at radius 1 is 1.11 bits per heavy atom. The van der Waals surface area contributed by atoms with Gasteiger partial charge in [-0.2, -0.15) is 0 Å². The molecule has 0 aliphatic heterocycles. The summed E-state index contributed by atoms with van der Waals surface area (Å²) in [5.74, 6) is -0.730. The molecule has 0 radical (unpaired) electrons. The van der Waals surface area contributed by atoms with Crippen molar-refractivity contribution in [2.24, 2.45) is 0 Å². The first-order chi connectivity index (χ1) is 17.0. The number of carbonyl (C=O) groups excluding carboxylic acids is 2. The molecule has 1 saturated carbocycles. The summed E-state index contributed by atoms with van der Waals surface area (Å²) in [6.45, 7) is 3.44. The normalized spacial score (nSPS) is 14.9. The molecule has 1 aliphatic rings. The summed E-state index contributed by atoms with van der Waals surface area (Å²) in [4.78, 5) is 28.6. The van der Waals surface area contributed by atoms with Gasteiger partial charge in [-0.3, -0.25) is 13.9 Å². The number of nitrogens with zero attached hydrogens (tertiary/aromatic N) is 2. The average Bonchev–Trinajstić information content (AvgIpc) is 3.32. The second kappa shape index (κ2) is 12.3. The highest BCUT2D eigenvalue weighted by molar-refractivity contribution is 7.92. The van der Waals surface area contributed by atoms with E-state index in [1.807, 2.05) is 38.1 Å². The third-order valence-corrected chi connectivity index (χ3v) is 8.23. The lowest BCUT2D eigenvalue weighted by Gasteiger charge is -2.34. The molecule has 1 N–H and O–H groups in total. The van der Waals surface area contributed by atoms with Crippen molar-refractivity contribution in [3.63, 3.8) is 0 Å². The average molecular weight is 555 g/mol. The molecule has 1 fully saturated rings. The molecular weight excluding hydrogens is 521 g/mol. The summed E-state index contributed by atoms with van der Waals surface area (Å²) in [5.41, 5.74) is 1.96. The predicted molar refractivity (Wildman–Crippen MR) is 145 cm³/mol. The third kappa shape index (κ3) is 7.14. The van der Waals surface area contributed by atoms with Gasteiger partial charge in [0.2, 0.25) is 21.8 Å². The van der Waals surface area contributed by atoms with Crippen LogP contribution in [-0.4, -0.2) is 50.0 Å². The van der Waals surface area contributed by atoms with E-state index in [2.05, 4.69) is 5.32 Å². The summed E-state index contributed by atoms with van der Waals surface area (Å²) in [6, 6.07) is 11.4. The number of hydrogen-bond acceptors (Lipinski definition) is 4. The van der Waals surface area contributed by atoms with Crippen LogP contribution in [0.3, 0.4) is 0 Å². The van der Waals surface area contributed by atoms with Gasteiger partial charge in [-0.1, -0.05) is 67.2 Å². The molecule has 2 aromatic carbocycles. The van der Waals surface area contributed by atoms with Gasteiger partial charge in [-0.15, -0.1) is 0 Å². The fourth-order valence-electron chi connectivity index (χ4n) is 4.53. The molecule has 0 bridgehead atoms. The second-order valence-corrected chi connectivity index (χ2v) is 12.0. The Kier molecular flexibility index (Phi) is 9.66. The lowest BCUT2D eigenvalue weighted by atomic mass is 10.1. The number of rotatable bonds is 10. The van der Waals surface area contributed by atoms with E-state index in [1.54, 1.807) is 6.07 Å². The number of halogens is 2. The van der Waals surface area contributed by atoms with Crippen LogP contribution in [0.4, 0.5) is 5.69 Å². The molecule has 0 heterocycles. The summed E-state index contributed by atoms with van der Waals surface area (Å²) in [7, 11) is -3.90. The maximum atomic E-state index is 13.8. The second-order valence-electron chi connectivity index (χ2n) is 9.23. The Morgan fingerprint density at radius 2 is 1.78 bits per heavy atom. The van der Waals surface area contributed by atoms with E-state index in [0.29, 0.717) is 6.42 Å². The number of anilines is 1. The van der Waals surface area contributed by atoms with Crippen molar-refractivity contribution in [2.45, 2.75) is 64.6 Å². The van der Waals surface area contributed by atoms with Crippen LogP contribution >= 0.6 is 23.2 Å². The molecule has 3 rings (SSSR count). The van der Waals surface area contributed by atoms with Gasteiger partial charge in [0.05, 0.1) is 17.0 Å². The topological polar surface area (TPSA) is 86.8 Å². The molecule has 10 heteroatoms. The molecule has 2 aromatic rings. The van der Waals surface area contributed by atoms with E-state index in [4.69, 9.17) is 23.2 Å². The van der Waals surface area contributed by atoms with E-state index in [-0.39, 0.29) is 34.2 Å². The zero-order valence-electron chi connectivity index (χ0n) is 20.8. The van der Waals surface area contributed by atoms with E-state index >= 15 is 0 Å². The van der Waals surface area contributed by atoms with Gasteiger partial charge in [-0.25, -0.2) is 8.42 Å². The van der Waals surface area contributed by atoms with Crippen LogP contribution in [-0.2, 0) is 26.2 Å².